The number of hydrogen-bond donors (Lipinski definition) is 3. The third kappa shape index (κ3) is 5.80. The molecule has 35 heavy (non-hydrogen) atoms. The summed E-state index contributed by atoms with van der Waals surface area (Å²) < 4.78 is 18.9. The maximum absolute atomic E-state index is 12.8. The van der Waals surface area contributed by atoms with Crippen molar-refractivity contribution >= 4 is 39.7 Å². The van der Waals surface area contributed by atoms with Gasteiger partial charge in [0.25, 0.3) is 0 Å². The molecular formula is C22H23BrN6O5S. The largest absolute Gasteiger partial charge is 0.485 e. The molecule has 4 rings (SSSR count). The second-order valence-electron chi connectivity index (χ2n) is 7.40. The number of furan rings is 1. The number of hydrogen-bond acceptors (Lipinski definition) is 9. The molecule has 1 atom stereocenters. The lowest BCUT2D eigenvalue weighted by molar-refractivity contribution is -0.139. The Balaban J connectivity index is 1.53. The molecule has 13 heteroatoms. The van der Waals surface area contributed by atoms with Crippen LogP contribution in [0.15, 0.2) is 61.7 Å². The van der Waals surface area contributed by atoms with E-state index in [1.807, 2.05) is 24.3 Å². The number of nitrogen functional groups attached to an aromatic ring is 1. The van der Waals surface area contributed by atoms with E-state index < -0.39 is 18.0 Å². The predicted molar refractivity (Wildman–Crippen MR) is 131 cm³/mol. The van der Waals surface area contributed by atoms with Gasteiger partial charge in [0, 0.05) is 15.9 Å². The molecule has 0 radical (unpaired) electrons. The first-order valence-corrected chi connectivity index (χ1v) is 12.4. The Hall–Kier alpha value is -3.45. The number of ether oxygens (including phenoxy) is 2. The van der Waals surface area contributed by atoms with E-state index in [1.54, 1.807) is 26.0 Å². The predicted octanol–water partition coefficient (Wildman–Crippen LogP) is 3.20. The molecule has 0 aliphatic carbocycles. The van der Waals surface area contributed by atoms with Crippen LogP contribution in [0.5, 0.6) is 5.75 Å². The summed E-state index contributed by atoms with van der Waals surface area (Å²) in [5.41, 5.74) is 0.612. The first kappa shape index (κ1) is 24.7. The van der Waals surface area contributed by atoms with Crippen molar-refractivity contribution in [2.24, 2.45) is 0 Å². The van der Waals surface area contributed by atoms with Crippen LogP contribution in [0.25, 0.3) is 0 Å². The fourth-order valence-electron chi connectivity index (χ4n) is 3.35. The molecular weight excluding hydrogens is 540 g/mol. The van der Waals surface area contributed by atoms with Crippen molar-refractivity contribution in [1.82, 2.24) is 25.5 Å². The molecule has 0 spiro atoms. The van der Waals surface area contributed by atoms with E-state index in [4.69, 9.17) is 19.7 Å². The normalized spacial score (nSPS) is 15.5. The van der Waals surface area contributed by atoms with Gasteiger partial charge in [-0.1, -0.05) is 33.8 Å². The Labute approximate surface area is 213 Å². The average Bonchev–Trinajstić information content (AvgIpc) is 3.41. The molecule has 0 fully saturated rings. The van der Waals surface area contributed by atoms with Crippen molar-refractivity contribution in [1.29, 1.82) is 0 Å². The van der Waals surface area contributed by atoms with E-state index in [1.165, 1.54) is 16.4 Å². The van der Waals surface area contributed by atoms with Crippen molar-refractivity contribution < 1.29 is 23.5 Å². The number of nitrogens with two attached hydrogens (primary N) is 1. The maximum Gasteiger partial charge on any atom is 0.338 e. The number of aromatic nitrogens is 3. The lowest BCUT2D eigenvalue weighted by Crippen LogP contribution is -2.46. The number of thioether (sulfide) groups is 1. The van der Waals surface area contributed by atoms with Crippen molar-refractivity contribution in [2.75, 3.05) is 18.2 Å². The van der Waals surface area contributed by atoms with E-state index in [0.29, 0.717) is 33.9 Å². The highest BCUT2D eigenvalue weighted by Crippen LogP contribution is 2.31. The molecule has 0 saturated heterocycles. The van der Waals surface area contributed by atoms with Gasteiger partial charge in [-0.05, 0) is 44.2 Å². The van der Waals surface area contributed by atoms with Crippen LogP contribution in [0, 0.1) is 6.92 Å². The van der Waals surface area contributed by atoms with Crippen LogP contribution >= 0.6 is 27.7 Å². The molecule has 0 unspecified atom stereocenters. The number of halogens is 1. The number of nitrogens with one attached hydrogen (secondary N) is 2. The van der Waals surface area contributed by atoms with Gasteiger partial charge >= 0.3 is 12.0 Å². The van der Waals surface area contributed by atoms with Gasteiger partial charge in [0.15, 0.2) is 5.82 Å². The molecule has 1 aliphatic rings. The molecule has 1 aliphatic heterocycles. The van der Waals surface area contributed by atoms with E-state index in [0.717, 1.165) is 4.47 Å². The summed E-state index contributed by atoms with van der Waals surface area (Å²) in [5, 5.41) is 14.0. The summed E-state index contributed by atoms with van der Waals surface area (Å²) in [6, 6.07) is 9.60. The van der Waals surface area contributed by atoms with Gasteiger partial charge < -0.3 is 30.4 Å². The number of amides is 2. The lowest BCUT2D eigenvalue weighted by atomic mass is 10.0. The lowest BCUT2D eigenvalue weighted by Gasteiger charge is -2.27. The van der Waals surface area contributed by atoms with Gasteiger partial charge in [-0.3, -0.25) is 0 Å². The van der Waals surface area contributed by atoms with Crippen molar-refractivity contribution in [2.45, 2.75) is 31.7 Å². The Morgan fingerprint density at radius 2 is 2.14 bits per heavy atom. The van der Waals surface area contributed by atoms with Crippen molar-refractivity contribution in [3.05, 3.63) is 69.5 Å². The Bertz CT molecular complexity index is 1270. The van der Waals surface area contributed by atoms with E-state index in [2.05, 4.69) is 36.8 Å². The second-order valence-corrected chi connectivity index (χ2v) is 9.25. The fraction of sp³-hybridized carbons (Fsp3) is 0.273. The molecule has 3 aromatic rings. The van der Waals surface area contributed by atoms with Gasteiger partial charge in [0.1, 0.15) is 29.9 Å². The van der Waals surface area contributed by atoms with Crippen LogP contribution in [0.2, 0.25) is 0 Å². The maximum atomic E-state index is 12.8. The zero-order chi connectivity index (χ0) is 24.9. The minimum atomic E-state index is -0.794. The second kappa shape index (κ2) is 10.9. The SMILES string of the molecule is CCOC(=O)C1=C(CSc2nnc(COc3cccc(Br)c3)n2N)NC(=O)N[C@@H]1c1ccc(C)o1. The first-order valence-electron chi connectivity index (χ1n) is 10.6. The van der Waals surface area contributed by atoms with Gasteiger partial charge in [0.2, 0.25) is 5.16 Å². The molecule has 1 aromatic carbocycles. The average molecular weight is 563 g/mol. The van der Waals surface area contributed by atoms with Crippen molar-refractivity contribution in [3.63, 3.8) is 0 Å². The van der Waals surface area contributed by atoms with E-state index >= 15 is 0 Å². The molecule has 0 saturated carbocycles. The van der Waals surface area contributed by atoms with Crippen LogP contribution < -0.4 is 21.2 Å². The van der Waals surface area contributed by atoms with Crippen LogP contribution in [0.3, 0.4) is 0 Å². The summed E-state index contributed by atoms with van der Waals surface area (Å²) >= 11 is 4.60. The highest BCUT2D eigenvalue weighted by molar-refractivity contribution is 9.10. The summed E-state index contributed by atoms with van der Waals surface area (Å²) in [6.07, 6.45) is 0. The highest BCUT2D eigenvalue weighted by Gasteiger charge is 2.35. The standard InChI is InChI=1S/C22H23BrN6O5S/c1-3-32-20(30)18-15(25-21(31)26-19(18)16-8-7-12(2)34-16)11-35-22-28-27-17(29(22)24)10-33-14-6-4-5-13(23)9-14/h4-9,19H,3,10-11,24H2,1-2H3,(H2,25,26,31)/t19-/m1/s1. The number of benzene rings is 1. The number of nitrogens with zero attached hydrogens (tertiary/aromatic N) is 3. The first-order chi connectivity index (χ1) is 16.9. The van der Waals surface area contributed by atoms with Crippen LogP contribution in [0.4, 0.5) is 4.79 Å². The fourth-order valence-corrected chi connectivity index (χ4v) is 4.57. The zero-order valence-electron chi connectivity index (χ0n) is 18.9. The van der Waals surface area contributed by atoms with Gasteiger partial charge in [0.05, 0.1) is 12.2 Å². The molecule has 2 aromatic heterocycles. The molecule has 2 amide bonds. The van der Waals surface area contributed by atoms with Gasteiger partial charge in [-0.25, -0.2) is 14.3 Å². The summed E-state index contributed by atoms with van der Waals surface area (Å²) in [7, 11) is 0. The highest BCUT2D eigenvalue weighted by atomic mass is 79.9. The Morgan fingerprint density at radius 3 is 2.86 bits per heavy atom. The smallest absolute Gasteiger partial charge is 0.338 e. The third-order valence-electron chi connectivity index (χ3n) is 4.94. The molecule has 11 nitrogen and oxygen atoms in total. The molecule has 184 valence electrons. The number of rotatable bonds is 9. The van der Waals surface area contributed by atoms with E-state index in [9.17, 15) is 9.59 Å². The number of aryl methyl sites for hydroxylation is 1. The van der Waals surface area contributed by atoms with Crippen LogP contribution in [0.1, 0.15) is 30.3 Å². The summed E-state index contributed by atoms with van der Waals surface area (Å²) in [6.45, 7) is 3.78. The van der Waals surface area contributed by atoms with Crippen LogP contribution in [-0.2, 0) is 16.1 Å². The Morgan fingerprint density at radius 1 is 1.31 bits per heavy atom. The number of urea groups is 1. The van der Waals surface area contributed by atoms with Gasteiger partial charge in [-0.15, -0.1) is 10.2 Å². The third-order valence-corrected chi connectivity index (χ3v) is 6.40. The quantitative estimate of drug-likeness (QED) is 0.203. The monoisotopic (exact) mass is 562 g/mol. The number of esters is 1. The minimum absolute atomic E-state index is 0.109. The molecule has 0 bridgehead atoms. The molecule has 3 heterocycles. The minimum Gasteiger partial charge on any atom is -0.485 e. The zero-order valence-corrected chi connectivity index (χ0v) is 21.3. The Kier molecular flexibility index (Phi) is 7.66. The van der Waals surface area contributed by atoms with E-state index in [-0.39, 0.29) is 24.5 Å². The van der Waals surface area contributed by atoms with Crippen molar-refractivity contribution in [3.8, 4) is 5.75 Å². The topological polar surface area (TPSA) is 147 Å². The summed E-state index contributed by atoms with van der Waals surface area (Å²) in [4.78, 5) is 25.2. The summed E-state index contributed by atoms with van der Waals surface area (Å²) in [5.74, 6) is 7.92. The van der Waals surface area contributed by atoms with Crippen LogP contribution in [-0.4, -0.2) is 39.2 Å². The van der Waals surface area contributed by atoms with Gasteiger partial charge in [-0.2, -0.15) is 0 Å². The number of carbonyl (C=O) groups is 2. The number of carbonyl (C=O) groups excluding carboxylic acids is 2. The molecule has 4 N–H and O–H groups in total.